The minimum Gasteiger partial charge on any atom is -0.326 e. The van der Waals surface area contributed by atoms with E-state index >= 15 is 0 Å². The van der Waals surface area contributed by atoms with Crippen LogP contribution in [0.25, 0.3) is 0 Å². The Kier molecular flexibility index (Phi) is 5.98. The second kappa shape index (κ2) is 7.75. The molecule has 1 aliphatic rings. The van der Waals surface area contributed by atoms with Crippen LogP contribution in [0, 0.1) is 0 Å². The summed E-state index contributed by atoms with van der Waals surface area (Å²) in [6, 6.07) is 9.76. The molecule has 1 atom stereocenters. The third-order valence-corrected chi connectivity index (χ3v) is 4.21. The maximum Gasteiger partial charge on any atom is 0.221 e. The van der Waals surface area contributed by atoms with Crippen LogP contribution in [0.5, 0.6) is 0 Å². The van der Waals surface area contributed by atoms with Crippen LogP contribution in [-0.2, 0) is 4.79 Å². The lowest BCUT2D eigenvalue weighted by molar-refractivity contribution is -0.114. The van der Waals surface area contributed by atoms with Crippen LogP contribution in [0.4, 0.5) is 5.69 Å². The van der Waals surface area contributed by atoms with Gasteiger partial charge < -0.3 is 10.6 Å². The Morgan fingerprint density at radius 3 is 2.64 bits per heavy atom. The predicted octanol–water partition coefficient (Wildman–Crippen LogP) is 3.17. The first-order valence-electron chi connectivity index (χ1n) is 8.34. The van der Waals surface area contributed by atoms with Gasteiger partial charge in [0.2, 0.25) is 5.91 Å². The molecule has 0 aromatic heterocycles. The molecule has 0 unspecified atom stereocenters. The van der Waals surface area contributed by atoms with Crippen LogP contribution in [0.15, 0.2) is 24.3 Å². The van der Waals surface area contributed by atoms with Crippen LogP contribution in [0.1, 0.15) is 52.1 Å². The molecule has 0 heterocycles. The van der Waals surface area contributed by atoms with E-state index in [-0.39, 0.29) is 11.9 Å². The molecule has 2 rings (SSSR count). The Morgan fingerprint density at radius 1 is 1.32 bits per heavy atom. The van der Waals surface area contributed by atoms with Gasteiger partial charge in [0.1, 0.15) is 0 Å². The first-order valence-corrected chi connectivity index (χ1v) is 8.34. The van der Waals surface area contributed by atoms with Crippen molar-refractivity contribution in [3.63, 3.8) is 0 Å². The van der Waals surface area contributed by atoms with Crippen molar-refractivity contribution in [1.29, 1.82) is 0 Å². The summed E-state index contributed by atoms with van der Waals surface area (Å²) in [5, 5.41) is 6.43. The first-order chi connectivity index (χ1) is 10.5. The normalized spacial score (nSPS) is 16.1. The van der Waals surface area contributed by atoms with Gasteiger partial charge in [-0.25, -0.2) is 0 Å². The number of carbonyl (C=O) groups excluding carboxylic acids is 1. The molecule has 4 nitrogen and oxygen atoms in total. The van der Waals surface area contributed by atoms with E-state index in [0.717, 1.165) is 24.8 Å². The van der Waals surface area contributed by atoms with E-state index in [4.69, 9.17) is 0 Å². The molecule has 0 spiro atoms. The standard InChI is InChI=1S/C18H29N3O/c1-13(2)21(18-8-9-18)11-10-19-14(3)16-6-5-7-17(12-16)20-15(4)22/h5-7,12-14,18-19H,8-11H2,1-4H3,(H,20,22)/t14-/m0/s1. The quantitative estimate of drug-likeness (QED) is 0.775. The van der Waals surface area contributed by atoms with Crippen LogP contribution in [0.2, 0.25) is 0 Å². The van der Waals surface area contributed by atoms with Gasteiger partial charge in [-0.05, 0) is 51.3 Å². The summed E-state index contributed by atoms with van der Waals surface area (Å²) in [5.74, 6) is -0.0326. The highest BCUT2D eigenvalue weighted by Crippen LogP contribution is 2.28. The minimum absolute atomic E-state index is 0.0326. The lowest BCUT2D eigenvalue weighted by atomic mass is 10.1. The smallest absolute Gasteiger partial charge is 0.221 e. The fraction of sp³-hybridized carbons (Fsp3) is 0.611. The molecule has 1 fully saturated rings. The Morgan fingerprint density at radius 2 is 2.05 bits per heavy atom. The molecule has 22 heavy (non-hydrogen) atoms. The average Bonchev–Trinajstić information content (AvgIpc) is 3.27. The lowest BCUT2D eigenvalue weighted by Gasteiger charge is -2.27. The number of amides is 1. The van der Waals surface area contributed by atoms with Crippen molar-refractivity contribution in [2.45, 2.75) is 58.7 Å². The van der Waals surface area contributed by atoms with E-state index < -0.39 is 0 Å². The van der Waals surface area contributed by atoms with Gasteiger partial charge in [0, 0.05) is 43.8 Å². The lowest BCUT2D eigenvalue weighted by Crippen LogP contribution is -2.39. The van der Waals surface area contributed by atoms with Crippen LogP contribution >= 0.6 is 0 Å². The number of benzene rings is 1. The maximum atomic E-state index is 11.1. The number of nitrogens with one attached hydrogen (secondary N) is 2. The second-order valence-electron chi connectivity index (χ2n) is 6.55. The van der Waals surface area contributed by atoms with Crippen molar-refractivity contribution in [3.8, 4) is 0 Å². The molecule has 1 aliphatic carbocycles. The minimum atomic E-state index is -0.0326. The molecule has 1 saturated carbocycles. The molecule has 0 saturated heterocycles. The number of hydrogen-bond donors (Lipinski definition) is 2. The van der Waals surface area contributed by atoms with Gasteiger partial charge in [-0.15, -0.1) is 0 Å². The van der Waals surface area contributed by atoms with Crippen molar-refractivity contribution >= 4 is 11.6 Å². The fourth-order valence-electron chi connectivity index (χ4n) is 2.89. The zero-order chi connectivity index (χ0) is 16.1. The van der Waals surface area contributed by atoms with E-state index in [2.05, 4.69) is 42.4 Å². The number of rotatable bonds is 8. The van der Waals surface area contributed by atoms with E-state index in [1.165, 1.54) is 25.3 Å². The summed E-state index contributed by atoms with van der Waals surface area (Å²) in [7, 11) is 0. The Hall–Kier alpha value is -1.39. The second-order valence-corrected chi connectivity index (χ2v) is 6.55. The Labute approximate surface area is 134 Å². The van der Waals surface area contributed by atoms with E-state index in [1.54, 1.807) is 0 Å². The number of hydrogen-bond acceptors (Lipinski definition) is 3. The summed E-state index contributed by atoms with van der Waals surface area (Å²) in [5.41, 5.74) is 2.06. The van der Waals surface area contributed by atoms with Gasteiger partial charge >= 0.3 is 0 Å². The molecule has 2 N–H and O–H groups in total. The third kappa shape index (κ3) is 5.11. The van der Waals surface area contributed by atoms with Crippen molar-refractivity contribution in [3.05, 3.63) is 29.8 Å². The Bertz CT molecular complexity index is 495. The van der Waals surface area contributed by atoms with Crippen LogP contribution in [-0.4, -0.2) is 36.0 Å². The molecule has 1 amide bonds. The summed E-state index contributed by atoms with van der Waals surface area (Å²) in [6.45, 7) is 10.3. The molecule has 1 aromatic rings. The molecule has 4 heteroatoms. The zero-order valence-electron chi connectivity index (χ0n) is 14.2. The van der Waals surface area contributed by atoms with Gasteiger partial charge in [-0.1, -0.05) is 12.1 Å². The molecule has 122 valence electrons. The summed E-state index contributed by atoms with van der Waals surface area (Å²) >= 11 is 0. The van der Waals surface area contributed by atoms with Gasteiger partial charge in [0.05, 0.1) is 0 Å². The van der Waals surface area contributed by atoms with Gasteiger partial charge in [0.15, 0.2) is 0 Å². The Balaban J connectivity index is 1.83. The predicted molar refractivity (Wildman–Crippen MR) is 92.0 cm³/mol. The molecule has 0 bridgehead atoms. The summed E-state index contributed by atoms with van der Waals surface area (Å²) in [4.78, 5) is 13.7. The van der Waals surface area contributed by atoms with E-state index in [1.807, 2.05) is 18.2 Å². The zero-order valence-corrected chi connectivity index (χ0v) is 14.2. The third-order valence-electron chi connectivity index (χ3n) is 4.21. The topological polar surface area (TPSA) is 44.4 Å². The molecule has 0 aliphatic heterocycles. The number of nitrogens with zero attached hydrogens (tertiary/aromatic N) is 1. The highest BCUT2D eigenvalue weighted by atomic mass is 16.1. The summed E-state index contributed by atoms with van der Waals surface area (Å²) in [6.07, 6.45) is 2.71. The summed E-state index contributed by atoms with van der Waals surface area (Å²) < 4.78 is 0. The molecule has 1 aromatic carbocycles. The van der Waals surface area contributed by atoms with E-state index in [0.29, 0.717) is 6.04 Å². The maximum absolute atomic E-state index is 11.1. The average molecular weight is 303 g/mol. The number of carbonyl (C=O) groups is 1. The van der Waals surface area contributed by atoms with Gasteiger partial charge in [-0.2, -0.15) is 0 Å². The monoisotopic (exact) mass is 303 g/mol. The molecular weight excluding hydrogens is 274 g/mol. The molecular formula is C18H29N3O. The van der Waals surface area contributed by atoms with Gasteiger partial charge in [-0.3, -0.25) is 9.69 Å². The van der Waals surface area contributed by atoms with Crippen molar-refractivity contribution in [2.24, 2.45) is 0 Å². The largest absolute Gasteiger partial charge is 0.326 e. The fourth-order valence-corrected chi connectivity index (χ4v) is 2.89. The SMILES string of the molecule is CC(=O)Nc1cccc([C@H](C)NCCN(C(C)C)C2CC2)c1. The highest BCUT2D eigenvalue weighted by Gasteiger charge is 2.30. The highest BCUT2D eigenvalue weighted by molar-refractivity contribution is 5.88. The van der Waals surface area contributed by atoms with Crippen molar-refractivity contribution < 1.29 is 4.79 Å². The number of anilines is 1. The van der Waals surface area contributed by atoms with Crippen molar-refractivity contribution in [2.75, 3.05) is 18.4 Å². The van der Waals surface area contributed by atoms with Crippen LogP contribution < -0.4 is 10.6 Å². The van der Waals surface area contributed by atoms with Crippen LogP contribution in [0.3, 0.4) is 0 Å². The van der Waals surface area contributed by atoms with E-state index in [9.17, 15) is 4.79 Å². The van der Waals surface area contributed by atoms with Crippen molar-refractivity contribution in [1.82, 2.24) is 10.2 Å². The molecule has 0 radical (unpaired) electrons. The first kappa shape index (κ1) is 17.0. The van der Waals surface area contributed by atoms with Gasteiger partial charge in [0.25, 0.3) is 0 Å².